The van der Waals surface area contributed by atoms with Gasteiger partial charge in [-0.3, -0.25) is 4.79 Å². The lowest BCUT2D eigenvalue weighted by Crippen LogP contribution is -2.51. The Labute approximate surface area is 132 Å². The smallest absolute Gasteiger partial charge is 0.155 e. The lowest BCUT2D eigenvalue weighted by Gasteiger charge is -2.54. The molecule has 3 saturated carbocycles. The van der Waals surface area contributed by atoms with E-state index in [1.807, 2.05) is 6.08 Å². The summed E-state index contributed by atoms with van der Waals surface area (Å²) >= 11 is 0. The summed E-state index contributed by atoms with van der Waals surface area (Å²) in [5.74, 6) is 2.57. The van der Waals surface area contributed by atoms with Crippen LogP contribution in [0, 0.1) is 34.5 Å². The minimum atomic E-state index is -1.39. The summed E-state index contributed by atoms with van der Waals surface area (Å²) < 4.78 is 15.2. The molecule has 0 aromatic heterocycles. The fourth-order valence-electron chi connectivity index (χ4n) is 6.44. The number of halogens is 1. The van der Waals surface area contributed by atoms with Gasteiger partial charge in [-0.25, -0.2) is 4.39 Å². The molecule has 0 aliphatic heterocycles. The third-order valence-electron chi connectivity index (χ3n) is 7.69. The number of rotatable bonds is 1. The van der Waals surface area contributed by atoms with Crippen LogP contribution in [0.2, 0.25) is 0 Å². The maximum atomic E-state index is 15.2. The molecule has 0 amide bonds. The summed E-state index contributed by atoms with van der Waals surface area (Å²) in [7, 11) is 0. The Kier molecular flexibility index (Phi) is 3.15. The maximum absolute atomic E-state index is 15.2. The van der Waals surface area contributed by atoms with Crippen molar-refractivity contribution < 1.29 is 9.18 Å². The predicted octanol–water partition coefficient (Wildman–Crippen LogP) is 4.49. The summed E-state index contributed by atoms with van der Waals surface area (Å²) in [4.78, 5) is 11.7. The van der Waals surface area contributed by atoms with Crippen LogP contribution < -0.4 is 0 Å². The highest BCUT2D eigenvalue weighted by Crippen LogP contribution is 2.65. The Hall–Kier alpha value is -0.990. The van der Waals surface area contributed by atoms with Crippen molar-refractivity contribution >= 4 is 12.0 Å². The molecule has 0 saturated heterocycles. The molecule has 0 bridgehead atoms. The molecule has 0 aromatic rings. The number of ketones is 1. The molecule has 0 spiro atoms. The van der Waals surface area contributed by atoms with Gasteiger partial charge in [-0.2, -0.15) is 0 Å². The normalized spacial score (nSPS) is 50.6. The molecule has 120 valence electrons. The topological polar surface area (TPSA) is 40.9 Å². The molecule has 1 N–H and O–H groups in total. The van der Waals surface area contributed by atoms with Gasteiger partial charge in [-0.05, 0) is 74.7 Å². The molecule has 0 heterocycles. The van der Waals surface area contributed by atoms with Crippen LogP contribution >= 0.6 is 0 Å². The van der Waals surface area contributed by atoms with E-state index in [1.54, 1.807) is 0 Å². The first kappa shape index (κ1) is 14.6. The minimum Gasteiger partial charge on any atom is -0.310 e. The number of hydrogen-bond acceptors (Lipinski definition) is 2. The third-order valence-corrected chi connectivity index (χ3v) is 7.69. The molecule has 4 rings (SSSR count). The number of carbonyl (C=O) groups is 1. The number of nitrogens with one attached hydrogen (secondary N) is 1. The Morgan fingerprint density at radius 2 is 2.00 bits per heavy atom. The van der Waals surface area contributed by atoms with Gasteiger partial charge in [0.15, 0.2) is 11.5 Å². The van der Waals surface area contributed by atoms with Crippen molar-refractivity contribution in [3.05, 3.63) is 11.6 Å². The first-order chi connectivity index (χ1) is 10.5. The fraction of sp³-hybridized carbons (Fsp3) is 0.789. The summed E-state index contributed by atoms with van der Waals surface area (Å²) in [6.07, 6.45) is 10.3. The third kappa shape index (κ3) is 1.77. The van der Waals surface area contributed by atoms with Gasteiger partial charge < -0.3 is 5.41 Å². The molecule has 6 atom stereocenters. The lowest BCUT2D eigenvalue weighted by molar-refractivity contribution is -0.116. The van der Waals surface area contributed by atoms with Crippen LogP contribution in [-0.4, -0.2) is 17.7 Å². The van der Waals surface area contributed by atoms with Gasteiger partial charge in [0.25, 0.3) is 0 Å². The molecular formula is C19H26FNO. The maximum Gasteiger partial charge on any atom is 0.155 e. The fourth-order valence-corrected chi connectivity index (χ4v) is 6.44. The molecule has 3 heteroatoms. The van der Waals surface area contributed by atoms with Crippen molar-refractivity contribution in [1.82, 2.24) is 0 Å². The van der Waals surface area contributed by atoms with Crippen molar-refractivity contribution in [3.8, 4) is 0 Å². The molecule has 3 unspecified atom stereocenters. The molecule has 4 aliphatic carbocycles. The van der Waals surface area contributed by atoms with E-state index in [-0.39, 0.29) is 5.41 Å². The van der Waals surface area contributed by atoms with E-state index in [9.17, 15) is 4.79 Å². The summed E-state index contributed by atoms with van der Waals surface area (Å²) in [6, 6.07) is 0. The van der Waals surface area contributed by atoms with Gasteiger partial charge in [0.05, 0.1) is 0 Å². The van der Waals surface area contributed by atoms with Crippen molar-refractivity contribution in [2.24, 2.45) is 29.1 Å². The molecule has 4 aliphatic rings. The van der Waals surface area contributed by atoms with E-state index in [4.69, 9.17) is 5.41 Å². The van der Waals surface area contributed by atoms with Crippen LogP contribution in [0.4, 0.5) is 4.39 Å². The van der Waals surface area contributed by atoms with Gasteiger partial charge in [0.2, 0.25) is 0 Å². The molecule has 3 fully saturated rings. The van der Waals surface area contributed by atoms with Gasteiger partial charge in [-0.15, -0.1) is 0 Å². The molecule has 0 radical (unpaired) electrons. The lowest BCUT2D eigenvalue weighted by atomic mass is 9.51. The van der Waals surface area contributed by atoms with E-state index >= 15 is 4.39 Å². The van der Waals surface area contributed by atoms with E-state index in [2.05, 4.69) is 6.92 Å². The number of allylic oxidation sites excluding steroid dienone is 1. The average Bonchev–Trinajstić information content (AvgIpc) is 2.79. The zero-order chi connectivity index (χ0) is 15.5. The Morgan fingerprint density at radius 1 is 1.18 bits per heavy atom. The molecule has 22 heavy (non-hydrogen) atoms. The zero-order valence-corrected chi connectivity index (χ0v) is 13.4. The Morgan fingerprint density at radius 3 is 2.77 bits per heavy atom. The second-order valence-electron chi connectivity index (χ2n) is 8.31. The van der Waals surface area contributed by atoms with Gasteiger partial charge in [-0.1, -0.05) is 12.5 Å². The average molecular weight is 303 g/mol. The second-order valence-corrected chi connectivity index (χ2v) is 8.31. The molecule has 0 aromatic carbocycles. The standard InChI is InChI=1S/C19H26FNO/c1-18-8-6-15-14-5-3-13(22)10-12(14)2-4-16(15)17(18)7-9-19(18,20)11-21/h10-11,14-17,21H,2-9H2,1H3/t14-,15?,16?,17?,18-,19-/m0/s1. The summed E-state index contributed by atoms with van der Waals surface area (Å²) in [6.45, 7) is 2.10. The van der Waals surface area contributed by atoms with Crippen molar-refractivity contribution in [1.29, 1.82) is 5.41 Å². The number of hydrogen-bond donors (Lipinski definition) is 1. The van der Waals surface area contributed by atoms with Crippen molar-refractivity contribution in [2.45, 2.75) is 64.0 Å². The van der Waals surface area contributed by atoms with E-state index in [0.717, 1.165) is 44.7 Å². The highest BCUT2D eigenvalue weighted by molar-refractivity contribution is 5.91. The first-order valence-electron chi connectivity index (χ1n) is 8.92. The van der Waals surface area contributed by atoms with Crippen molar-refractivity contribution in [3.63, 3.8) is 0 Å². The molecule has 2 nitrogen and oxygen atoms in total. The Bertz CT molecular complexity index is 556. The monoisotopic (exact) mass is 303 g/mol. The number of alkyl halides is 1. The summed E-state index contributed by atoms with van der Waals surface area (Å²) in [5, 5.41) is 7.60. The number of carbonyl (C=O) groups excluding carboxylic acids is 1. The van der Waals surface area contributed by atoms with Crippen LogP contribution in [0.25, 0.3) is 0 Å². The Balaban J connectivity index is 1.65. The minimum absolute atomic E-state index is 0.304. The van der Waals surface area contributed by atoms with Crippen LogP contribution in [0.1, 0.15) is 58.3 Å². The van der Waals surface area contributed by atoms with Gasteiger partial charge in [0.1, 0.15) is 0 Å². The largest absolute Gasteiger partial charge is 0.310 e. The summed E-state index contributed by atoms with van der Waals surface area (Å²) in [5.41, 5.74) is -0.333. The van der Waals surface area contributed by atoms with E-state index in [1.165, 1.54) is 5.57 Å². The van der Waals surface area contributed by atoms with Crippen LogP contribution in [0.5, 0.6) is 0 Å². The van der Waals surface area contributed by atoms with Gasteiger partial charge >= 0.3 is 0 Å². The van der Waals surface area contributed by atoms with Gasteiger partial charge in [0, 0.05) is 18.1 Å². The van der Waals surface area contributed by atoms with E-state index in [0.29, 0.717) is 42.3 Å². The highest BCUT2D eigenvalue weighted by Gasteiger charge is 2.62. The number of fused-ring (bicyclic) bond motifs is 5. The zero-order valence-electron chi connectivity index (χ0n) is 13.4. The van der Waals surface area contributed by atoms with Crippen LogP contribution in [0.15, 0.2) is 11.6 Å². The highest BCUT2D eigenvalue weighted by atomic mass is 19.1. The van der Waals surface area contributed by atoms with Crippen LogP contribution in [-0.2, 0) is 4.79 Å². The van der Waals surface area contributed by atoms with Crippen LogP contribution in [0.3, 0.4) is 0 Å². The SMILES string of the molecule is C[C@]12CCC3C(CCC4=CC(=O)CC[C@@H]43)C1CC[C@]2(F)C=N. The first-order valence-corrected chi connectivity index (χ1v) is 8.92. The molecular weight excluding hydrogens is 277 g/mol. The van der Waals surface area contributed by atoms with Crippen molar-refractivity contribution in [2.75, 3.05) is 0 Å². The predicted molar refractivity (Wildman–Crippen MR) is 84.7 cm³/mol. The second kappa shape index (κ2) is 4.75. The van der Waals surface area contributed by atoms with E-state index < -0.39 is 5.67 Å². The quantitative estimate of drug-likeness (QED) is 0.713.